The predicted octanol–water partition coefficient (Wildman–Crippen LogP) is 5.43. The molecule has 2 aromatic carbocycles. The van der Waals surface area contributed by atoms with E-state index in [-0.39, 0.29) is 0 Å². The average molecular weight is 376 g/mol. The van der Waals surface area contributed by atoms with Crippen LogP contribution in [-0.4, -0.2) is 7.11 Å². The maximum absolute atomic E-state index is 6.14. The number of ether oxygens (including phenoxy) is 2. The van der Waals surface area contributed by atoms with Gasteiger partial charge in [0.1, 0.15) is 18.1 Å². The third-order valence-electron chi connectivity index (χ3n) is 2.79. The lowest BCUT2D eigenvalue weighted by molar-refractivity contribution is 0.303. The molecule has 0 aliphatic heterocycles. The van der Waals surface area contributed by atoms with Gasteiger partial charge in [-0.2, -0.15) is 0 Å². The first kappa shape index (κ1) is 15.5. The Balaban J connectivity index is 2.15. The molecule has 0 aliphatic rings. The van der Waals surface area contributed by atoms with Crippen molar-refractivity contribution in [2.24, 2.45) is 0 Å². The molecule has 2 aromatic rings. The van der Waals surface area contributed by atoms with Crippen LogP contribution in [0.3, 0.4) is 0 Å². The highest BCUT2D eigenvalue weighted by Crippen LogP contribution is 2.31. The van der Waals surface area contributed by atoms with Gasteiger partial charge in [-0.25, -0.2) is 0 Å². The molecule has 2 rings (SSSR count). The van der Waals surface area contributed by atoms with E-state index in [1.54, 1.807) is 13.2 Å². The molecule has 0 spiro atoms. The summed E-state index contributed by atoms with van der Waals surface area (Å²) in [4.78, 5) is 0. The van der Waals surface area contributed by atoms with Crippen LogP contribution in [0.2, 0.25) is 5.02 Å². The van der Waals surface area contributed by atoms with Gasteiger partial charge in [-0.1, -0.05) is 29.8 Å². The van der Waals surface area contributed by atoms with Crippen LogP contribution in [0.15, 0.2) is 40.9 Å². The third kappa shape index (κ3) is 3.60. The predicted molar refractivity (Wildman–Crippen MR) is 86.0 cm³/mol. The van der Waals surface area contributed by atoms with Crippen LogP contribution in [0.25, 0.3) is 0 Å². The summed E-state index contributed by atoms with van der Waals surface area (Å²) in [5.74, 6) is 1.78. The van der Waals surface area contributed by atoms with Crippen molar-refractivity contribution < 1.29 is 9.47 Å². The molecule has 5 heteroatoms. The van der Waals surface area contributed by atoms with E-state index in [2.05, 4.69) is 15.9 Å². The van der Waals surface area contributed by atoms with Crippen LogP contribution >= 0.6 is 39.1 Å². The molecule has 0 fully saturated rings. The smallest absolute Gasteiger partial charge is 0.142 e. The maximum atomic E-state index is 6.14. The van der Waals surface area contributed by atoms with E-state index in [1.165, 1.54) is 0 Å². The molecule has 0 unspecified atom stereocenters. The van der Waals surface area contributed by atoms with Crippen LogP contribution < -0.4 is 9.47 Å². The number of para-hydroxylation sites is 1. The van der Waals surface area contributed by atoms with Crippen molar-refractivity contribution >= 4 is 39.1 Å². The Kier molecular flexibility index (Phi) is 5.58. The molecular formula is C15H13BrCl2O2. The van der Waals surface area contributed by atoms with Crippen molar-refractivity contribution in [1.82, 2.24) is 0 Å². The van der Waals surface area contributed by atoms with Gasteiger partial charge in [-0.3, -0.25) is 0 Å². The minimum absolute atomic E-state index is 0.363. The summed E-state index contributed by atoms with van der Waals surface area (Å²) in [7, 11) is 1.63. The minimum atomic E-state index is 0.363. The SMILES string of the molecule is COc1ccc(COc2c(Cl)cccc2CCl)cc1Br. The van der Waals surface area contributed by atoms with Gasteiger partial charge >= 0.3 is 0 Å². The highest BCUT2D eigenvalue weighted by atomic mass is 79.9. The van der Waals surface area contributed by atoms with Crippen molar-refractivity contribution in [1.29, 1.82) is 0 Å². The van der Waals surface area contributed by atoms with E-state index >= 15 is 0 Å². The molecule has 0 bridgehead atoms. The Bertz CT molecular complexity index is 602. The van der Waals surface area contributed by atoms with Gasteiger partial charge < -0.3 is 9.47 Å². The van der Waals surface area contributed by atoms with Crippen molar-refractivity contribution in [3.63, 3.8) is 0 Å². The number of halogens is 3. The third-order valence-corrected chi connectivity index (χ3v) is 4.00. The van der Waals surface area contributed by atoms with E-state index in [0.29, 0.717) is 23.3 Å². The topological polar surface area (TPSA) is 18.5 Å². The summed E-state index contributed by atoms with van der Waals surface area (Å²) < 4.78 is 11.9. The highest BCUT2D eigenvalue weighted by Gasteiger charge is 2.08. The molecule has 0 radical (unpaired) electrons. The number of hydrogen-bond donors (Lipinski definition) is 0. The summed E-state index contributed by atoms with van der Waals surface area (Å²) in [6.07, 6.45) is 0. The first-order valence-corrected chi connectivity index (χ1v) is 7.65. The fourth-order valence-corrected chi connectivity index (χ4v) is 2.82. The molecule has 0 saturated heterocycles. The van der Waals surface area contributed by atoms with Crippen LogP contribution in [-0.2, 0) is 12.5 Å². The fraction of sp³-hybridized carbons (Fsp3) is 0.200. The zero-order valence-corrected chi connectivity index (χ0v) is 13.9. The highest BCUT2D eigenvalue weighted by molar-refractivity contribution is 9.10. The maximum Gasteiger partial charge on any atom is 0.142 e. The molecule has 0 amide bonds. The van der Waals surface area contributed by atoms with Crippen molar-refractivity contribution in [3.05, 3.63) is 57.0 Å². The summed E-state index contributed by atoms with van der Waals surface area (Å²) >= 11 is 15.5. The molecule has 0 N–H and O–H groups in total. The van der Waals surface area contributed by atoms with E-state index < -0.39 is 0 Å². The second kappa shape index (κ2) is 7.21. The second-order valence-corrected chi connectivity index (χ2v) is 5.65. The van der Waals surface area contributed by atoms with Crippen LogP contribution in [0.4, 0.5) is 0 Å². The van der Waals surface area contributed by atoms with Gasteiger partial charge in [0.05, 0.1) is 22.5 Å². The average Bonchev–Trinajstić information content (AvgIpc) is 2.46. The zero-order chi connectivity index (χ0) is 14.5. The molecule has 0 heterocycles. The molecule has 20 heavy (non-hydrogen) atoms. The standard InChI is InChI=1S/C15H13BrCl2O2/c1-19-14-6-5-10(7-12(14)16)9-20-15-11(8-17)3-2-4-13(15)18/h2-7H,8-9H2,1H3. The molecule has 0 saturated carbocycles. The molecule has 0 aromatic heterocycles. The van der Waals surface area contributed by atoms with Crippen molar-refractivity contribution in [3.8, 4) is 11.5 Å². The normalized spacial score (nSPS) is 10.4. The quantitative estimate of drug-likeness (QED) is 0.648. The van der Waals surface area contributed by atoms with Crippen LogP contribution in [0.1, 0.15) is 11.1 Å². The lowest BCUT2D eigenvalue weighted by atomic mass is 10.2. The summed E-state index contributed by atoms with van der Waals surface area (Å²) in [5, 5.41) is 0.565. The van der Waals surface area contributed by atoms with Gasteiger partial charge in [0.25, 0.3) is 0 Å². The lowest BCUT2D eigenvalue weighted by Gasteiger charge is -2.12. The Morgan fingerprint density at radius 3 is 2.65 bits per heavy atom. The van der Waals surface area contributed by atoms with Gasteiger partial charge in [0.15, 0.2) is 0 Å². The van der Waals surface area contributed by atoms with E-state index in [4.69, 9.17) is 32.7 Å². The summed E-state index contributed by atoms with van der Waals surface area (Å²) in [6.45, 7) is 0.413. The van der Waals surface area contributed by atoms with E-state index in [0.717, 1.165) is 21.3 Å². The van der Waals surface area contributed by atoms with Gasteiger partial charge in [-0.15, -0.1) is 11.6 Å². The number of methoxy groups -OCH3 is 1. The van der Waals surface area contributed by atoms with E-state index in [1.807, 2.05) is 30.3 Å². The number of benzene rings is 2. The molecule has 106 valence electrons. The van der Waals surface area contributed by atoms with Gasteiger partial charge in [-0.05, 0) is 39.7 Å². The Hall–Kier alpha value is -0.900. The van der Waals surface area contributed by atoms with Crippen molar-refractivity contribution in [2.75, 3.05) is 7.11 Å². The van der Waals surface area contributed by atoms with Crippen LogP contribution in [0.5, 0.6) is 11.5 Å². The van der Waals surface area contributed by atoms with Gasteiger partial charge in [0, 0.05) is 5.56 Å². The number of rotatable bonds is 5. The lowest BCUT2D eigenvalue weighted by Crippen LogP contribution is -1.99. The Labute approximate surface area is 136 Å². The largest absolute Gasteiger partial charge is 0.496 e. The monoisotopic (exact) mass is 374 g/mol. The number of alkyl halides is 1. The molecular weight excluding hydrogens is 363 g/mol. The Morgan fingerprint density at radius 2 is 2.00 bits per heavy atom. The summed E-state index contributed by atoms with van der Waals surface area (Å²) in [5.41, 5.74) is 1.89. The van der Waals surface area contributed by atoms with Crippen LogP contribution in [0, 0.1) is 0 Å². The Morgan fingerprint density at radius 1 is 1.20 bits per heavy atom. The summed E-state index contributed by atoms with van der Waals surface area (Å²) in [6, 6.07) is 11.3. The van der Waals surface area contributed by atoms with E-state index in [9.17, 15) is 0 Å². The molecule has 2 nitrogen and oxygen atoms in total. The molecule has 0 atom stereocenters. The molecule has 0 aliphatic carbocycles. The first-order valence-electron chi connectivity index (χ1n) is 5.94. The van der Waals surface area contributed by atoms with Gasteiger partial charge in [0.2, 0.25) is 0 Å². The minimum Gasteiger partial charge on any atom is -0.496 e. The number of hydrogen-bond acceptors (Lipinski definition) is 2. The fourth-order valence-electron chi connectivity index (χ4n) is 1.78. The van der Waals surface area contributed by atoms with Crippen molar-refractivity contribution in [2.45, 2.75) is 12.5 Å². The first-order chi connectivity index (χ1) is 9.65. The zero-order valence-electron chi connectivity index (χ0n) is 10.8. The second-order valence-electron chi connectivity index (χ2n) is 4.12.